The molecule has 21 heavy (non-hydrogen) atoms. The molecule has 0 radical (unpaired) electrons. The first-order valence-electron chi connectivity index (χ1n) is 6.50. The van der Waals surface area contributed by atoms with Crippen LogP contribution >= 0.6 is 0 Å². The highest BCUT2D eigenvalue weighted by Gasteiger charge is 2.21. The van der Waals surface area contributed by atoms with E-state index >= 15 is 0 Å². The second-order valence-electron chi connectivity index (χ2n) is 4.58. The highest BCUT2D eigenvalue weighted by Crippen LogP contribution is 2.39. The molecule has 0 saturated heterocycles. The number of aliphatic hydroxyl groups excluding tert-OH is 1. The van der Waals surface area contributed by atoms with Gasteiger partial charge in [0.2, 0.25) is 0 Å². The molecule has 0 saturated carbocycles. The van der Waals surface area contributed by atoms with Gasteiger partial charge in [-0.1, -0.05) is 0 Å². The Morgan fingerprint density at radius 3 is 2.14 bits per heavy atom. The number of aromatic nitrogens is 1. The average molecular weight is 289 g/mol. The van der Waals surface area contributed by atoms with Gasteiger partial charge in [0.15, 0.2) is 11.5 Å². The van der Waals surface area contributed by atoms with E-state index in [1.54, 1.807) is 45.9 Å². The molecule has 0 aliphatic rings. The molecule has 1 N–H and O–H groups in total. The van der Waals surface area contributed by atoms with Gasteiger partial charge < -0.3 is 19.3 Å². The maximum absolute atomic E-state index is 10.7. The molecule has 0 spiro atoms. The van der Waals surface area contributed by atoms with Crippen LogP contribution in [0, 0.1) is 6.92 Å². The molecule has 0 bridgehead atoms. The van der Waals surface area contributed by atoms with Gasteiger partial charge in [-0.05, 0) is 24.6 Å². The van der Waals surface area contributed by atoms with E-state index in [0.717, 1.165) is 11.1 Å². The fourth-order valence-electron chi connectivity index (χ4n) is 2.20. The molecular formula is C16H19NO4. The summed E-state index contributed by atoms with van der Waals surface area (Å²) < 4.78 is 15.9. The number of ether oxygens (including phenoxy) is 3. The molecule has 1 aromatic heterocycles. The lowest BCUT2D eigenvalue weighted by molar-refractivity contribution is 0.212. The van der Waals surface area contributed by atoms with Crippen LogP contribution in [0.5, 0.6) is 17.2 Å². The molecule has 2 aromatic rings. The Morgan fingerprint density at radius 1 is 0.952 bits per heavy atom. The second kappa shape index (κ2) is 6.45. The maximum Gasteiger partial charge on any atom is 0.164 e. The number of methoxy groups -OCH3 is 3. The number of hydrogen-bond acceptors (Lipinski definition) is 5. The molecule has 0 amide bonds. The summed E-state index contributed by atoms with van der Waals surface area (Å²) in [5, 5.41) is 10.7. The van der Waals surface area contributed by atoms with Crippen LogP contribution in [0.2, 0.25) is 0 Å². The summed E-state index contributed by atoms with van der Waals surface area (Å²) in [6, 6.07) is 5.27. The fraction of sp³-hybridized carbons (Fsp3) is 0.312. The van der Waals surface area contributed by atoms with Crippen molar-refractivity contribution in [1.29, 1.82) is 0 Å². The topological polar surface area (TPSA) is 60.8 Å². The Bertz CT molecular complexity index is 628. The van der Waals surface area contributed by atoms with Crippen molar-refractivity contribution in [3.63, 3.8) is 0 Å². The average Bonchev–Trinajstić information content (AvgIpc) is 2.53. The monoisotopic (exact) mass is 289 g/mol. The van der Waals surface area contributed by atoms with E-state index in [2.05, 4.69) is 4.98 Å². The van der Waals surface area contributed by atoms with Crippen LogP contribution in [0.1, 0.15) is 22.8 Å². The fourth-order valence-corrected chi connectivity index (χ4v) is 2.20. The van der Waals surface area contributed by atoms with Crippen molar-refractivity contribution in [2.75, 3.05) is 21.3 Å². The first-order valence-corrected chi connectivity index (χ1v) is 6.50. The van der Waals surface area contributed by atoms with Crippen LogP contribution in [0.4, 0.5) is 0 Å². The molecule has 2 rings (SSSR count). The third-order valence-electron chi connectivity index (χ3n) is 3.40. The van der Waals surface area contributed by atoms with Crippen LogP contribution in [0.15, 0.2) is 30.6 Å². The van der Waals surface area contributed by atoms with Gasteiger partial charge in [-0.15, -0.1) is 0 Å². The van der Waals surface area contributed by atoms with E-state index in [9.17, 15) is 5.11 Å². The number of pyridine rings is 1. The predicted octanol–water partition coefficient (Wildman–Crippen LogP) is 2.50. The Labute approximate surface area is 124 Å². The van der Waals surface area contributed by atoms with Crippen molar-refractivity contribution < 1.29 is 19.3 Å². The van der Waals surface area contributed by atoms with E-state index in [-0.39, 0.29) is 0 Å². The number of aryl methyl sites for hydroxylation is 1. The Kier molecular flexibility index (Phi) is 4.65. The Morgan fingerprint density at radius 2 is 1.57 bits per heavy atom. The van der Waals surface area contributed by atoms with Gasteiger partial charge in [0.05, 0.1) is 21.3 Å². The number of rotatable bonds is 5. The highest BCUT2D eigenvalue weighted by molar-refractivity contribution is 5.53. The standard InChI is InChI=1S/C16H19NO4/c1-10-5-6-17-9-12(10)16(18)11-7-14(20-3)15(21-4)8-13(11)19-2/h5-9,16,18H,1-4H3. The zero-order chi connectivity index (χ0) is 15.4. The van der Waals surface area contributed by atoms with E-state index in [4.69, 9.17) is 14.2 Å². The van der Waals surface area contributed by atoms with E-state index < -0.39 is 6.10 Å². The minimum atomic E-state index is -0.853. The summed E-state index contributed by atoms with van der Waals surface area (Å²) >= 11 is 0. The number of aliphatic hydroxyl groups is 1. The zero-order valence-corrected chi connectivity index (χ0v) is 12.6. The smallest absolute Gasteiger partial charge is 0.164 e. The van der Waals surface area contributed by atoms with Gasteiger partial charge >= 0.3 is 0 Å². The largest absolute Gasteiger partial charge is 0.496 e. The molecule has 5 nitrogen and oxygen atoms in total. The first kappa shape index (κ1) is 15.1. The molecule has 5 heteroatoms. The van der Waals surface area contributed by atoms with Gasteiger partial charge in [-0.25, -0.2) is 0 Å². The minimum Gasteiger partial charge on any atom is -0.496 e. The van der Waals surface area contributed by atoms with Gasteiger partial charge in [0, 0.05) is 29.6 Å². The Hall–Kier alpha value is -2.27. The quantitative estimate of drug-likeness (QED) is 0.916. The lowest BCUT2D eigenvalue weighted by Crippen LogP contribution is -2.06. The van der Waals surface area contributed by atoms with Crippen LogP contribution in [-0.4, -0.2) is 31.4 Å². The molecule has 1 aromatic carbocycles. The van der Waals surface area contributed by atoms with Gasteiger partial charge in [-0.3, -0.25) is 4.98 Å². The minimum absolute atomic E-state index is 0.531. The summed E-state index contributed by atoms with van der Waals surface area (Å²) in [5.74, 6) is 1.62. The Balaban J connectivity index is 2.54. The van der Waals surface area contributed by atoms with Crippen molar-refractivity contribution in [2.45, 2.75) is 13.0 Å². The van der Waals surface area contributed by atoms with Crippen molar-refractivity contribution in [3.8, 4) is 17.2 Å². The summed E-state index contributed by atoms with van der Waals surface area (Å²) in [6.07, 6.45) is 2.49. The van der Waals surface area contributed by atoms with Crippen LogP contribution < -0.4 is 14.2 Å². The van der Waals surface area contributed by atoms with Crippen LogP contribution in [0.25, 0.3) is 0 Å². The molecule has 1 atom stereocenters. The first-order chi connectivity index (χ1) is 10.1. The van der Waals surface area contributed by atoms with Crippen molar-refractivity contribution in [1.82, 2.24) is 4.98 Å². The summed E-state index contributed by atoms with van der Waals surface area (Å²) in [6.45, 7) is 1.92. The molecule has 0 aliphatic carbocycles. The molecule has 1 unspecified atom stereocenters. The summed E-state index contributed by atoms with van der Waals surface area (Å²) in [7, 11) is 4.65. The van der Waals surface area contributed by atoms with Gasteiger partial charge in [0.25, 0.3) is 0 Å². The van der Waals surface area contributed by atoms with Gasteiger partial charge in [0.1, 0.15) is 11.9 Å². The lowest BCUT2D eigenvalue weighted by Gasteiger charge is -2.19. The van der Waals surface area contributed by atoms with E-state index in [1.807, 2.05) is 13.0 Å². The van der Waals surface area contributed by atoms with Crippen LogP contribution in [-0.2, 0) is 0 Å². The zero-order valence-electron chi connectivity index (χ0n) is 12.6. The predicted molar refractivity (Wildman–Crippen MR) is 79.1 cm³/mol. The SMILES string of the molecule is COc1cc(OC)c(C(O)c2cnccc2C)cc1OC. The number of nitrogens with zero attached hydrogens (tertiary/aromatic N) is 1. The van der Waals surface area contributed by atoms with Crippen molar-refractivity contribution >= 4 is 0 Å². The third-order valence-corrected chi connectivity index (χ3v) is 3.40. The van der Waals surface area contributed by atoms with E-state index in [1.165, 1.54) is 0 Å². The molecule has 0 fully saturated rings. The number of hydrogen-bond donors (Lipinski definition) is 1. The third kappa shape index (κ3) is 2.92. The number of benzene rings is 1. The summed E-state index contributed by atoms with van der Waals surface area (Å²) in [4.78, 5) is 4.07. The normalized spacial score (nSPS) is 11.9. The van der Waals surface area contributed by atoms with Crippen molar-refractivity contribution in [2.24, 2.45) is 0 Å². The highest BCUT2D eigenvalue weighted by atomic mass is 16.5. The van der Waals surface area contributed by atoms with E-state index in [0.29, 0.717) is 22.8 Å². The lowest BCUT2D eigenvalue weighted by atomic mass is 9.98. The molecule has 0 aliphatic heterocycles. The second-order valence-corrected chi connectivity index (χ2v) is 4.58. The maximum atomic E-state index is 10.7. The molecule has 112 valence electrons. The molecule has 1 heterocycles. The van der Waals surface area contributed by atoms with Gasteiger partial charge in [-0.2, -0.15) is 0 Å². The molecular weight excluding hydrogens is 270 g/mol. The van der Waals surface area contributed by atoms with Crippen molar-refractivity contribution in [3.05, 3.63) is 47.3 Å². The summed E-state index contributed by atoms with van der Waals surface area (Å²) in [5.41, 5.74) is 2.28. The van der Waals surface area contributed by atoms with Crippen LogP contribution in [0.3, 0.4) is 0 Å².